The molecule has 0 spiro atoms. The largest absolute Gasteiger partial charge is 0.491 e. The molecule has 0 saturated heterocycles. The fraction of sp³-hybridized carbons (Fsp3) is 0.462. The monoisotopic (exact) mass is 361 g/mol. The SMILES string of the molecule is CC(C)Oc1ccc(NC(N)=NC2CC2)cc1.I. The third-order valence-corrected chi connectivity index (χ3v) is 2.37. The van der Waals surface area contributed by atoms with Crippen LogP contribution in [0.4, 0.5) is 5.69 Å². The zero-order valence-electron chi connectivity index (χ0n) is 10.7. The highest BCUT2D eigenvalue weighted by molar-refractivity contribution is 14.0. The molecule has 1 aromatic rings. The van der Waals surface area contributed by atoms with Gasteiger partial charge >= 0.3 is 0 Å². The molecule has 0 heterocycles. The Balaban J connectivity index is 0.00000162. The van der Waals surface area contributed by atoms with Crippen molar-refractivity contribution in [2.75, 3.05) is 5.32 Å². The van der Waals surface area contributed by atoms with E-state index in [9.17, 15) is 0 Å². The van der Waals surface area contributed by atoms with Gasteiger partial charge in [0.15, 0.2) is 5.96 Å². The molecule has 18 heavy (non-hydrogen) atoms. The summed E-state index contributed by atoms with van der Waals surface area (Å²) in [7, 11) is 0. The van der Waals surface area contributed by atoms with Crippen LogP contribution in [0.1, 0.15) is 26.7 Å². The fourth-order valence-corrected chi connectivity index (χ4v) is 1.47. The average Bonchev–Trinajstić information content (AvgIpc) is 3.04. The third-order valence-electron chi connectivity index (χ3n) is 2.37. The van der Waals surface area contributed by atoms with E-state index >= 15 is 0 Å². The number of anilines is 1. The summed E-state index contributed by atoms with van der Waals surface area (Å²) in [6.45, 7) is 4.01. The van der Waals surface area contributed by atoms with Gasteiger partial charge in [0, 0.05) is 5.69 Å². The van der Waals surface area contributed by atoms with Gasteiger partial charge < -0.3 is 15.8 Å². The second-order valence-electron chi connectivity index (χ2n) is 4.56. The smallest absolute Gasteiger partial charge is 0.193 e. The van der Waals surface area contributed by atoms with Gasteiger partial charge in [-0.2, -0.15) is 0 Å². The molecule has 1 saturated carbocycles. The number of guanidine groups is 1. The number of aliphatic imine (C=N–C) groups is 1. The van der Waals surface area contributed by atoms with Crippen LogP contribution in [-0.2, 0) is 0 Å². The molecule has 1 fully saturated rings. The molecule has 1 aliphatic rings. The Kier molecular flexibility index (Phi) is 5.71. The van der Waals surface area contributed by atoms with Crippen LogP contribution in [0.5, 0.6) is 5.75 Å². The summed E-state index contributed by atoms with van der Waals surface area (Å²) in [5, 5.41) is 3.07. The molecule has 1 aromatic carbocycles. The lowest BCUT2D eigenvalue weighted by Crippen LogP contribution is -2.22. The van der Waals surface area contributed by atoms with Gasteiger partial charge in [-0.25, -0.2) is 4.99 Å². The van der Waals surface area contributed by atoms with E-state index in [4.69, 9.17) is 10.5 Å². The summed E-state index contributed by atoms with van der Waals surface area (Å²) in [5.41, 5.74) is 6.71. The molecule has 2 rings (SSSR count). The van der Waals surface area contributed by atoms with Gasteiger partial charge in [-0.15, -0.1) is 24.0 Å². The van der Waals surface area contributed by atoms with Crippen LogP contribution in [0.15, 0.2) is 29.3 Å². The van der Waals surface area contributed by atoms with Crippen molar-refractivity contribution in [3.8, 4) is 5.75 Å². The van der Waals surface area contributed by atoms with Crippen LogP contribution in [0, 0.1) is 0 Å². The predicted octanol–water partition coefficient (Wildman–Crippen LogP) is 2.98. The van der Waals surface area contributed by atoms with Gasteiger partial charge in [-0.05, 0) is 51.0 Å². The quantitative estimate of drug-likeness (QED) is 0.493. The topological polar surface area (TPSA) is 59.6 Å². The summed E-state index contributed by atoms with van der Waals surface area (Å²) < 4.78 is 5.56. The van der Waals surface area contributed by atoms with Gasteiger partial charge in [0.1, 0.15) is 5.75 Å². The van der Waals surface area contributed by atoms with E-state index in [0.717, 1.165) is 24.3 Å². The maximum Gasteiger partial charge on any atom is 0.193 e. The summed E-state index contributed by atoms with van der Waals surface area (Å²) in [6, 6.07) is 8.16. The lowest BCUT2D eigenvalue weighted by Gasteiger charge is -2.10. The lowest BCUT2D eigenvalue weighted by molar-refractivity contribution is 0.242. The van der Waals surface area contributed by atoms with Crippen LogP contribution in [0.25, 0.3) is 0 Å². The molecule has 0 unspecified atom stereocenters. The summed E-state index contributed by atoms with van der Waals surface area (Å²) in [5.74, 6) is 1.35. The maximum atomic E-state index is 5.77. The number of benzene rings is 1. The molecule has 0 aromatic heterocycles. The first-order valence-corrected chi connectivity index (χ1v) is 6.00. The van der Waals surface area contributed by atoms with E-state index in [-0.39, 0.29) is 30.1 Å². The number of ether oxygens (including phenoxy) is 1. The number of nitrogens with one attached hydrogen (secondary N) is 1. The highest BCUT2D eigenvalue weighted by Crippen LogP contribution is 2.23. The first-order valence-electron chi connectivity index (χ1n) is 6.00. The minimum Gasteiger partial charge on any atom is -0.491 e. The minimum absolute atomic E-state index is 0. The minimum atomic E-state index is 0. The first-order chi connectivity index (χ1) is 8.13. The number of nitrogens with zero attached hydrogens (tertiary/aromatic N) is 1. The van der Waals surface area contributed by atoms with Crippen LogP contribution in [-0.4, -0.2) is 18.1 Å². The summed E-state index contributed by atoms with van der Waals surface area (Å²) >= 11 is 0. The van der Waals surface area contributed by atoms with Gasteiger partial charge in [-0.3, -0.25) is 0 Å². The molecule has 0 amide bonds. The van der Waals surface area contributed by atoms with Gasteiger partial charge in [0.25, 0.3) is 0 Å². The first kappa shape index (κ1) is 15.1. The van der Waals surface area contributed by atoms with Crippen molar-refractivity contribution in [2.45, 2.75) is 38.8 Å². The van der Waals surface area contributed by atoms with Crippen molar-refractivity contribution in [2.24, 2.45) is 10.7 Å². The van der Waals surface area contributed by atoms with Crippen LogP contribution in [0.2, 0.25) is 0 Å². The van der Waals surface area contributed by atoms with Crippen molar-refractivity contribution in [3.63, 3.8) is 0 Å². The second-order valence-corrected chi connectivity index (χ2v) is 4.56. The predicted molar refractivity (Wildman–Crippen MR) is 85.9 cm³/mol. The zero-order valence-corrected chi connectivity index (χ0v) is 13.0. The Hall–Kier alpha value is -0.980. The molecule has 1 aliphatic carbocycles. The molecule has 0 atom stereocenters. The van der Waals surface area contributed by atoms with Crippen LogP contribution in [0.3, 0.4) is 0 Å². The molecule has 0 radical (unpaired) electrons. The summed E-state index contributed by atoms with van der Waals surface area (Å²) in [4.78, 5) is 4.31. The molecule has 4 nitrogen and oxygen atoms in total. The Bertz CT molecular complexity index is 399. The van der Waals surface area contributed by atoms with E-state index in [0.29, 0.717) is 12.0 Å². The number of hydrogen-bond donors (Lipinski definition) is 2. The second kappa shape index (κ2) is 6.82. The number of halogens is 1. The average molecular weight is 361 g/mol. The normalized spacial score (nSPS) is 15.2. The molecule has 3 N–H and O–H groups in total. The highest BCUT2D eigenvalue weighted by atomic mass is 127. The Labute approximate surface area is 125 Å². The number of rotatable bonds is 4. The van der Waals surface area contributed by atoms with Crippen molar-refractivity contribution < 1.29 is 4.74 Å². The number of hydrogen-bond acceptors (Lipinski definition) is 2. The van der Waals surface area contributed by atoms with Gasteiger partial charge in [-0.1, -0.05) is 0 Å². The van der Waals surface area contributed by atoms with E-state index in [1.807, 2.05) is 38.1 Å². The molecule has 0 bridgehead atoms. The van der Waals surface area contributed by atoms with Crippen molar-refractivity contribution in [1.29, 1.82) is 0 Å². The van der Waals surface area contributed by atoms with Gasteiger partial charge in [0.05, 0.1) is 12.1 Å². The van der Waals surface area contributed by atoms with E-state index < -0.39 is 0 Å². The molecular formula is C13H20IN3O. The molecular weight excluding hydrogens is 341 g/mol. The van der Waals surface area contributed by atoms with Gasteiger partial charge in [0.2, 0.25) is 0 Å². The Morgan fingerprint density at radius 1 is 1.33 bits per heavy atom. The summed E-state index contributed by atoms with van der Waals surface area (Å²) in [6.07, 6.45) is 2.50. The zero-order chi connectivity index (χ0) is 12.3. The van der Waals surface area contributed by atoms with Crippen LogP contribution >= 0.6 is 24.0 Å². The standard InChI is InChI=1S/C13H19N3O.HI/c1-9(2)17-12-7-5-11(6-8-12)16-13(14)15-10-3-4-10;/h5-10H,3-4H2,1-2H3,(H3,14,15,16);1H. The van der Waals surface area contributed by atoms with Crippen molar-refractivity contribution in [3.05, 3.63) is 24.3 Å². The number of nitrogens with two attached hydrogens (primary N) is 1. The Morgan fingerprint density at radius 3 is 2.44 bits per heavy atom. The molecule has 0 aliphatic heterocycles. The maximum absolute atomic E-state index is 5.77. The van der Waals surface area contributed by atoms with Crippen molar-refractivity contribution in [1.82, 2.24) is 0 Å². The molecule has 100 valence electrons. The van der Waals surface area contributed by atoms with Crippen molar-refractivity contribution >= 4 is 35.6 Å². The Morgan fingerprint density at radius 2 is 1.94 bits per heavy atom. The van der Waals surface area contributed by atoms with Crippen LogP contribution < -0.4 is 15.8 Å². The molecule has 5 heteroatoms. The van der Waals surface area contributed by atoms with E-state index in [1.54, 1.807) is 0 Å². The lowest BCUT2D eigenvalue weighted by atomic mass is 10.3. The van der Waals surface area contributed by atoms with E-state index in [2.05, 4.69) is 10.3 Å². The van der Waals surface area contributed by atoms with E-state index in [1.165, 1.54) is 0 Å². The fourth-order valence-electron chi connectivity index (χ4n) is 1.47. The highest BCUT2D eigenvalue weighted by Gasteiger charge is 2.20. The third kappa shape index (κ3) is 5.12.